The zero-order valence-corrected chi connectivity index (χ0v) is 18.5. The molecule has 0 spiro atoms. The lowest BCUT2D eigenvalue weighted by Gasteiger charge is -2.34. The number of rotatable bonds is 4. The summed E-state index contributed by atoms with van der Waals surface area (Å²) in [5, 5.41) is 3.27. The number of aromatic nitrogens is 2. The highest BCUT2D eigenvalue weighted by Crippen LogP contribution is 2.27. The number of carbonyl (C=O) groups is 1. The zero-order valence-electron chi connectivity index (χ0n) is 16.9. The second kappa shape index (κ2) is 8.16. The van der Waals surface area contributed by atoms with E-state index < -0.39 is 15.9 Å². The molecule has 2 aromatic rings. The summed E-state index contributed by atoms with van der Waals surface area (Å²) >= 11 is 1.48. The van der Waals surface area contributed by atoms with Crippen LogP contribution in [0.4, 0.5) is 5.69 Å². The number of sulfonamides is 1. The number of nitrogens with one attached hydrogen (secondary N) is 1. The molecule has 1 aromatic heterocycles. The van der Waals surface area contributed by atoms with Gasteiger partial charge in [0, 0.05) is 37.3 Å². The standard InChI is InChI=1S/C20H24N4O4S2/c1-13-9-14(2)12-23(11-13)30(27,28)16-5-3-15(4-6-16)22-18(25)17-10-21-20-24(19(17)26)7-8-29-20/h3-6,10,13-14H,7-9,11-12H2,1-2H3,(H,22,25). The van der Waals surface area contributed by atoms with Crippen LogP contribution in [0.2, 0.25) is 0 Å². The van der Waals surface area contributed by atoms with Crippen molar-refractivity contribution in [1.29, 1.82) is 0 Å². The van der Waals surface area contributed by atoms with E-state index in [0.29, 0.717) is 42.3 Å². The van der Waals surface area contributed by atoms with Crippen LogP contribution in [-0.4, -0.2) is 47.0 Å². The maximum Gasteiger partial charge on any atom is 0.267 e. The maximum absolute atomic E-state index is 13.0. The molecule has 0 radical (unpaired) electrons. The molecule has 10 heteroatoms. The van der Waals surface area contributed by atoms with Crippen molar-refractivity contribution in [2.24, 2.45) is 11.8 Å². The Bertz CT molecular complexity index is 1120. The summed E-state index contributed by atoms with van der Waals surface area (Å²) in [5.41, 5.74) is 0.0166. The molecule has 1 N–H and O–H groups in total. The minimum absolute atomic E-state index is 0.0331. The normalized spacial score (nSPS) is 21.9. The van der Waals surface area contributed by atoms with E-state index >= 15 is 0 Å². The van der Waals surface area contributed by atoms with Crippen molar-refractivity contribution in [3.8, 4) is 0 Å². The summed E-state index contributed by atoms with van der Waals surface area (Å²) in [7, 11) is -3.58. The third-order valence-corrected chi connectivity index (χ3v) is 8.20. The molecule has 3 heterocycles. The van der Waals surface area contributed by atoms with E-state index in [2.05, 4.69) is 24.1 Å². The largest absolute Gasteiger partial charge is 0.322 e. The summed E-state index contributed by atoms with van der Waals surface area (Å²) < 4.78 is 29.0. The van der Waals surface area contributed by atoms with Gasteiger partial charge in [-0.25, -0.2) is 13.4 Å². The fourth-order valence-electron chi connectivity index (χ4n) is 4.03. The first kappa shape index (κ1) is 21.1. The van der Waals surface area contributed by atoms with Crippen molar-refractivity contribution >= 4 is 33.4 Å². The highest BCUT2D eigenvalue weighted by molar-refractivity contribution is 7.99. The number of carbonyl (C=O) groups excluding carboxylic acids is 1. The van der Waals surface area contributed by atoms with Crippen LogP contribution in [0, 0.1) is 11.8 Å². The molecule has 1 saturated heterocycles. The van der Waals surface area contributed by atoms with Gasteiger partial charge in [-0.3, -0.25) is 14.2 Å². The van der Waals surface area contributed by atoms with Gasteiger partial charge >= 0.3 is 0 Å². The number of amides is 1. The van der Waals surface area contributed by atoms with Gasteiger partial charge in [-0.2, -0.15) is 4.31 Å². The molecule has 2 aliphatic heterocycles. The Morgan fingerprint density at radius 2 is 1.83 bits per heavy atom. The second-order valence-corrected chi connectivity index (χ2v) is 11.0. The van der Waals surface area contributed by atoms with E-state index in [-0.39, 0.29) is 16.0 Å². The molecule has 160 valence electrons. The Morgan fingerprint density at radius 3 is 2.50 bits per heavy atom. The fraction of sp³-hybridized carbons (Fsp3) is 0.450. The number of thioether (sulfide) groups is 1. The summed E-state index contributed by atoms with van der Waals surface area (Å²) in [6.07, 6.45) is 2.31. The van der Waals surface area contributed by atoms with Crippen molar-refractivity contribution in [2.75, 3.05) is 24.2 Å². The quantitative estimate of drug-likeness (QED) is 0.720. The van der Waals surface area contributed by atoms with Crippen molar-refractivity contribution in [3.63, 3.8) is 0 Å². The first-order valence-corrected chi connectivity index (χ1v) is 12.3. The Kier molecular flexibility index (Phi) is 5.73. The van der Waals surface area contributed by atoms with E-state index in [1.165, 1.54) is 51.1 Å². The monoisotopic (exact) mass is 448 g/mol. The Labute approximate surface area is 179 Å². The molecule has 8 nitrogen and oxygen atoms in total. The van der Waals surface area contributed by atoms with Gasteiger partial charge in [0.15, 0.2) is 5.16 Å². The zero-order chi connectivity index (χ0) is 21.5. The molecule has 0 aliphatic carbocycles. The van der Waals surface area contributed by atoms with E-state index in [9.17, 15) is 18.0 Å². The average Bonchev–Trinajstić information content (AvgIpc) is 3.17. The molecule has 2 unspecified atom stereocenters. The number of anilines is 1. The van der Waals surface area contributed by atoms with E-state index in [4.69, 9.17) is 0 Å². The molecule has 2 aliphatic rings. The van der Waals surface area contributed by atoms with E-state index in [1.807, 2.05) is 0 Å². The van der Waals surface area contributed by atoms with Crippen LogP contribution in [0.5, 0.6) is 0 Å². The molecule has 2 atom stereocenters. The van der Waals surface area contributed by atoms with Crippen LogP contribution in [-0.2, 0) is 16.6 Å². The van der Waals surface area contributed by atoms with Gasteiger partial charge in [0.1, 0.15) is 5.56 Å². The number of nitrogens with zero attached hydrogens (tertiary/aromatic N) is 3. The molecule has 0 bridgehead atoms. The predicted molar refractivity (Wildman–Crippen MR) is 115 cm³/mol. The van der Waals surface area contributed by atoms with E-state index in [0.717, 1.165) is 12.2 Å². The minimum atomic E-state index is -3.58. The molecular weight excluding hydrogens is 424 g/mol. The third kappa shape index (κ3) is 4.03. The first-order valence-electron chi connectivity index (χ1n) is 9.90. The number of benzene rings is 1. The third-order valence-electron chi connectivity index (χ3n) is 5.39. The van der Waals surface area contributed by atoms with Gasteiger partial charge in [0.05, 0.1) is 4.90 Å². The van der Waals surface area contributed by atoms with Crippen LogP contribution in [0.1, 0.15) is 30.6 Å². The highest BCUT2D eigenvalue weighted by atomic mass is 32.2. The van der Waals surface area contributed by atoms with Gasteiger partial charge in [0.25, 0.3) is 11.5 Å². The molecule has 4 rings (SSSR count). The maximum atomic E-state index is 13.0. The first-order chi connectivity index (χ1) is 14.3. The molecule has 1 amide bonds. The van der Waals surface area contributed by atoms with Crippen LogP contribution < -0.4 is 10.9 Å². The van der Waals surface area contributed by atoms with Gasteiger partial charge in [-0.05, 0) is 42.5 Å². The topological polar surface area (TPSA) is 101 Å². The number of hydrogen-bond acceptors (Lipinski definition) is 6. The van der Waals surface area contributed by atoms with Crippen LogP contribution in [0.15, 0.2) is 45.3 Å². The smallest absolute Gasteiger partial charge is 0.267 e. The van der Waals surface area contributed by atoms with Crippen molar-refractivity contribution in [3.05, 3.63) is 46.4 Å². The molecular formula is C20H24N4O4S2. The van der Waals surface area contributed by atoms with Crippen molar-refractivity contribution in [1.82, 2.24) is 13.9 Å². The molecule has 0 saturated carbocycles. The summed E-state index contributed by atoms with van der Waals surface area (Å²) in [6, 6.07) is 6.05. The Hall–Kier alpha value is -2.17. The van der Waals surface area contributed by atoms with Gasteiger partial charge in [-0.1, -0.05) is 25.6 Å². The van der Waals surface area contributed by atoms with E-state index in [1.54, 1.807) is 0 Å². The molecule has 1 fully saturated rings. The molecule has 1 aromatic carbocycles. The SMILES string of the molecule is CC1CC(C)CN(S(=O)(=O)c2ccc(NC(=O)c3cnc4n(c3=O)CCS4)cc2)C1. The Balaban J connectivity index is 1.50. The number of piperidine rings is 1. The van der Waals surface area contributed by atoms with Crippen molar-refractivity contribution < 1.29 is 13.2 Å². The lowest BCUT2D eigenvalue weighted by molar-refractivity contribution is 0.102. The number of fused-ring (bicyclic) bond motifs is 1. The summed E-state index contributed by atoms with van der Waals surface area (Å²) in [6.45, 7) is 5.68. The Morgan fingerprint density at radius 1 is 1.17 bits per heavy atom. The summed E-state index contributed by atoms with van der Waals surface area (Å²) in [4.78, 5) is 29.4. The number of hydrogen-bond donors (Lipinski definition) is 1. The van der Waals surface area contributed by atoms with Crippen LogP contribution in [0.25, 0.3) is 0 Å². The fourth-order valence-corrected chi connectivity index (χ4v) is 6.63. The van der Waals surface area contributed by atoms with Gasteiger partial charge < -0.3 is 5.32 Å². The lowest BCUT2D eigenvalue weighted by atomic mass is 9.94. The van der Waals surface area contributed by atoms with Crippen molar-refractivity contribution in [2.45, 2.75) is 36.9 Å². The minimum Gasteiger partial charge on any atom is -0.322 e. The molecule has 30 heavy (non-hydrogen) atoms. The summed E-state index contributed by atoms with van der Waals surface area (Å²) in [5.74, 6) is 0.841. The predicted octanol–water partition coefficient (Wildman–Crippen LogP) is 2.27. The van der Waals surface area contributed by atoms with Crippen LogP contribution in [0.3, 0.4) is 0 Å². The van der Waals surface area contributed by atoms with Gasteiger partial charge in [0.2, 0.25) is 10.0 Å². The second-order valence-electron chi connectivity index (χ2n) is 8.01. The highest BCUT2D eigenvalue weighted by Gasteiger charge is 2.31. The average molecular weight is 449 g/mol. The lowest BCUT2D eigenvalue weighted by Crippen LogP contribution is -2.42. The van der Waals surface area contributed by atoms with Crippen LogP contribution >= 0.6 is 11.8 Å². The van der Waals surface area contributed by atoms with Gasteiger partial charge in [-0.15, -0.1) is 0 Å².